The van der Waals surface area contributed by atoms with Gasteiger partial charge in [0.2, 0.25) is 0 Å². The van der Waals surface area contributed by atoms with Gasteiger partial charge in [0, 0.05) is 11.8 Å². The van der Waals surface area contributed by atoms with Crippen LogP contribution in [0.3, 0.4) is 0 Å². The highest BCUT2D eigenvalue weighted by Crippen LogP contribution is 2.19. The van der Waals surface area contributed by atoms with E-state index in [1.807, 2.05) is 66.2 Å². The summed E-state index contributed by atoms with van der Waals surface area (Å²) in [6.07, 6.45) is 3.78. The smallest absolute Gasteiger partial charge is 0.173 e. The lowest BCUT2D eigenvalue weighted by atomic mass is 10.1. The molecule has 3 nitrogen and oxygen atoms in total. The van der Waals surface area contributed by atoms with E-state index in [0.29, 0.717) is 5.75 Å². The highest BCUT2D eigenvalue weighted by atomic mass is 32.2. The van der Waals surface area contributed by atoms with Gasteiger partial charge in [0.05, 0.1) is 17.5 Å². The van der Waals surface area contributed by atoms with E-state index < -0.39 is 0 Å². The van der Waals surface area contributed by atoms with E-state index in [2.05, 4.69) is 4.98 Å². The zero-order valence-corrected chi connectivity index (χ0v) is 11.9. The number of aromatic nitrogens is 2. The summed E-state index contributed by atoms with van der Waals surface area (Å²) >= 11 is 1.47. The fourth-order valence-electron chi connectivity index (χ4n) is 1.98. The first kappa shape index (κ1) is 12.9. The topological polar surface area (TPSA) is 34.4 Å². The molecule has 0 fully saturated rings. The van der Waals surface area contributed by atoms with Crippen molar-refractivity contribution in [3.8, 4) is 0 Å². The second-order valence-corrected chi connectivity index (χ2v) is 5.56. The third-order valence-corrected chi connectivity index (χ3v) is 4.08. The van der Waals surface area contributed by atoms with E-state index in [4.69, 9.17) is 0 Å². The van der Waals surface area contributed by atoms with Crippen LogP contribution in [0.25, 0.3) is 5.52 Å². The Morgan fingerprint density at radius 1 is 1.20 bits per heavy atom. The summed E-state index contributed by atoms with van der Waals surface area (Å²) in [5.41, 5.74) is 2.95. The maximum absolute atomic E-state index is 12.1. The summed E-state index contributed by atoms with van der Waals surface area (Å²) < 4.78 is 1.99. The van der Waals surface area contributed by atoms with Crippen molar-refractivity contribution in [1.29, 1.82) is 0 Å². The standard InChI is InChI=1S/C16H14N2OS/c1-12-5-7-13(8-6-12)15(19)11-20-16-17-10-14-4-2-3-9-18(14)16/h2-10H,11H2,1H3. The van der Waals surface area contributed by atoms with Crippen molar-refractivity contribution in [2.75, 3.05) is 5.75 Å². The summed E-state index contributed by atoms with van der Waals surface area (Å²) in [7, 11) is 0. The first-order valence-corrected chi connectivity index (χ1v) is 7.37. The van der Waals surface area contributed by atoms with Crippen LogP contribution < -0.4 is 0 Å². The molecule has 2 heterocycles. The number of pyridine rings is 1. The maximum Gasteiger partial charge on any atom is 0.173 e. The van der Waals surface area contributed by atoms with Crippen molar-refractivity contribution >= 4 is 23.1 Å². The highest BCUT2D eigenvalue weighted by molar-refractivity contribution is 7.99. The van der Waals surface area contributed by atoms with Gasteiger partial charge in [-0.1, -0.05) is 47.7 Å². The average Bonchev–Trinajstić information content (AvgIpc) is 2.89. The van der Waals surface area contributed by atoms with E-state index in [9.17, 15) is 4.79 Å². The molecule has 0 saturated heterocycles. The zero-order valence-electron chi connectivity index (χ0n) is 11.1. The minimum atomic E-state index is 0.127. The summed E-state index contributed by atoms with van der Waals surface area (Å²) in [5.74, 6) is 0.527. The molecule has 0 amide bonds. The fourth-order valence-corrected chi connectivity index (χ4v) is 2.84. The van der Waals surface area contributed by atoms with Crippen LogP contribution in [0.2, 0.25) is 0 Å². The Kier molecular flexibility index (Phi) is 3.56. The van der Waals surface area contributed by atoms with E-state index in [1.54, 1.807) is 0 Å². The molecule has 3 aromatic rings. The van der Waals surface area contributed by atoms with Crippen molar-refractivity contribution in [2.45, 2.75) is 12.1 Å². The molecule has 100 valence electrons. The van der Waals surface area contributed by atoms with Gasteiger partial charge in [-0.3, -0.25) is 9.20 Å². The Morgan fingerprint density at radius 3 is 2.80 bits per heavy atom. The number of aryl methyl sites for hydroxylation is 1. The molecule has 20 heavy (non-hydrogen) atoms. The van der Waals surface area contributed by atoms with Gasteiger partial charge in [-0.05, 0) is 19.1 Å². The number of hydrogen-bond donors (Lipinski definition) is 0. The second kappa shape index (κ2) is 5.51. The van der Waals surface area contributed by atoms with E-state index in [0.717, 1.165) is 21.8 Å². The van der Waals surface area contributed by atoms with Crippen LogP contribution in [-0.2, 0) is 0 Å². The second-order valence-electron chi connectivity index (χ2n) is 4.61. The molecule has 2 aromatic heterocycles. The number of benzene rings is 1. The number of carbonyl (C=O) groups excluding carboxylic acids is 1. The number of rotatable bonds is 4. The Hall–Kier alpha value is -2.07. The Labute approximate surface area is 121 Å². The van der Waals surface area contributed by atoms with Crippen molar-refractivity contribution < 1.29 is 4.79 Å². The predicted octanol–water partition coefficient (Wildman–Crippen LogP) is 3.62. The molecule has 0 N–H and O–H groups in total. The van der Waals surface area contributed by atoms with E-state index >= 15 is 0 Å². The summed E-state index contributed by atoms with van der Waals surface area (Å²) in [6.45, 7) is 2.01. The average molecular weight is 282 g/mol. The van der Waals surface area contributed by atoms with Crippen LogP contribution in [0.5, 0.6) is 0 Å². The number of carbonyl (C=O) groups is 1. The van der Waals surface area contributed by atoms with Crippen molar-refractivity contribution in [3.63, 3.8) is 0 Å². The van der Waals surface area contributed by atoms with Gasteiger partial charge in [0.1, 0.15) is 0 Å². The number of imidazole rings is 1. The molecule has 0 aliphatic heterocycles. The monoisotopic (exact) mass is 282 g/mol. The van der Waals surface area contributed by atoms with Gasteiger partial charge < -0.3 is 0 Å². The van der Waals surface area contributed by atoms with Gasteiger partial charge in [0.15, 0.2) is 10.9 Å². The summed E-state index contributed by atoms with van der Waals surface area (Å²) in [4.78, 5) is 16.5. The van der Waals surface area contributed by atoms with Gasteiger partial charge in [0.25, 0.3) is 0 Å². The molecule has 0 radical (unpaired) electrons. The molecular weight excluding hydrogens is 268 g/mol. The number of hydrogen-bond acceptors (Lipinski definition) is 3. The lowest BCUT2D eigenvalue weighted by Crippen LogP contribution is -2.03. The first-order valence-electron chi connectivity index (χ1n) is 6.39. The maximum atomic E-state index is 12.1. The summed E-state index contributed by atoms with van der Waals surface area (Å²) in [6, 6.07) is 13.6. The predicted molar refractivity (Wildman–Crippen MR) is 81.4 cm³/mol. The SMILES string of the molecule is Cc1ccc(C(=O)CSc2ncc3ccccn23)cc1. The van der Waals surface area contributed by atoms with Crippen molar-refractivity contribution in [2.24, 2.45) is 0 Å². The van der Waals surface area contributed by atoms with Gasteiger partial charge in [-0.15, -0.1) is 0 Å². The molecule has 0 aliphatic carbocycles. The molecule has 0 saturated carbocycles. The molecule has 0 spiro atoms. The minimum absolute atomic E-state index is 0.127. The van der Waals surface area contributed by atoms with E-state index in [1.165, 1.54) is 11.8 Å². The van der Waals surface area contributed by atoms with Gasteiger partial charge in [-0.2, -0.15) is 0 Å². The molecule has 1 aromatic carbocycles. The van der Waals surface area contributed by atoms with Gasteiger partial charge in [-0.25, -0.2) is 4.98 Å². The minimum Gasteiger partial charge on any atom is -0.295 e. The van der Waals surface area contributed by atoms with Crippen LogP contribution in [0.4, 0.5) is 0 Å². The zero-order chi connectivity index (χ0) is 13.9. The number of thioether (sulfide) groups is 1. The van der Waals surface area contributed by atoms with Crippen LogP contribution in [0.15, 0.2) is 60.0 Å². The van der Waals surface area contributed by atoms with Crippen LogP contribution in [-0.4, -0.2) is 20.9 Å². The first-order chi connectivity index (χ1) is 9.74. The van der Waals surface area contributed by atoms with Crippen LogP contribution >= 0.6 is 11.8 Å². The lowest BCUT2D eigenvalue weighted by Gasteiger charge is -2.02. The Bertz CT molecular complexity index is 747. The highest BCUT2D eigenvalue weighted by Gasteiger charge is 2.09. The Morgan fingerprint density at radius 2 is 2.00 bits per heavy atom. The third kappa shape index (κ3) is 2.60. The van der Waals surface area contributed by atoms with Crippen LogP contribution in [0.1, 0.15) is 15.9 Å². The molecule has 0 unspecified atom stereocenters. The molecular formula is C16H14N2OS. The van der Waals surface area contributed by atoms with Gasteiger partial charge >= 0.3 is 0 Å². The number of nitrogens with zero attached hydrogens (tertiary/aromatic N) is 2. The third-order valence-electron chi connectivity index (χ3n) is 3.11. The normalized spacial score (nSPS) is 10.8. The molecule has 4 heteroatoms. The van der Waals surface area contributed by atoms with E-state index in [-0.39, 0.29) is 5.78 Å². The van der Waals surface area contributed by atoms with Crippen molar-refractivity contribution in [1.82, 2.24) is 9.38 Å². The molecule has 0 atom stereocenters. The number of fused-ring (bicyclic) bond motifs is 1. The Balaban J connectivity index is 1.73. The van der Waals surface area contributed by atoms with Crippen LogP contribution in [0, 0.1) is 6.92 Å². The summed E-state index contributed by atoms with van der Waals surface area (Å²) in [5, 5.41) is 0.848. The quantitative estimate of drug-likeness (QED) is 0.541. The lowest BCUT2D eigenvalue weighted by molar-refractivity contribution is 0.102. The fraction of sp³-hybridized carbons (Fsp3) is 0.125. The number of Topliss-reactive ketones (excluding diaryl/α,β-unsaturated/α-hetero) is 1. The molecule has 0 aliphatic rings. The van der Waals surface area contributed by atoms with Crippen molar-refractivity contribution in [3.05, 3.63) is 66.0 Å². The largest absolute Gasteiger partial charge is 0.295 e. The molecule has 0 bridgehead atoms. The number of ketones is 1. The molecule has 3 rings (SSSR count).